The third-order valence-electron chi connectivity index (χ3n) is 3.37. The zero-order valence-electron chi connectivity index (χ0n) is 12.0. The van der Waals surface area contributed by atoms with Gasteiger partial charge in [0, 0.05) is 25.7 Å². The molecule has 19 heavy (non-hydrogen) atoms. The highest BCUT2D eigenvalue weighted by molar-refractivity contribution is 5.76. The molecule has 0 aliphatic heterocycles. The topological polar surface area (TPSA) is 52.6 Å². The normalized spacial score (nSPS) is 12.9. The Labute approximate surface area is 115 Å². The number of carbonyl (C=O) groups is 1. The summed E-state index contributed by atoms with van der Waals surface area (Å²) < 4.78 is 0. The van der Waals surface area contributed by atoms with E-state index in [1.54, 1.807) is 0 Å². The fraction of sp³-hybridized carbons (Fsp3) is 0.533. The molecule has 106 valence electrons. The Morgan fingerprint density at radius 3 is 2.47 bits per heavy atom. The molecule has 0 heterocycles. The zero-order chi connectivity index (χ0) is 14.3. The SMILES string of the molecule is CC(C)N(C)CCNCC(C(=O)O)c1ccccc1. The first-order chi connectivity index (χ1) is 9.02. The summed E-state index contributed by atoms with van der Waals surface area (Å²) in [6, 6.07) is 9.87. The van der Waals surface area contributed by atoms with Crippen LogP contribution in [0.5, 0.6) is 0 Å². The molecular weight excluding hydrogens is 240 g/mol. The van der Waals surface area contributed by atoms with Gasteiger partial charge in [-0.3, -0.25) is 4.79 Å². The summed E-state index contributed by atoms with van der Waals surface area (Å²) in [6.07, 6.45) is 0. The highest BCUT2D eigenvalue weighted by Crippen LogP contribution is 2.14. The fourth-order valence-corrected chi connectivity index (χ4v) is 1.79. The van der Waals surface area contributed by atoms with Crippen LogP contribution in [-0.2, 0) is 4.79 Å². The predicted molar refractivity (Wildman–Crippen MR) is 77.5 cm³/mol. The Balaban J connectivity index is 2.42. The van der Waals surface area contributed by atoms with Crippen molar-refractivity contribution >= 4 is 5.97 Å². The number of carboxylic acid groups (broad SMARTS) is 1. The van der Waals surface area contributed by atoms with Crippen LogP contribution in [0.4, 0.5) is 0 Å². The molecule has 1 rings (SSSR count). The molecule has 0 bridgehead atoms. The number of nitrogens with one attached hydrogen (secondary N) is 1. The van der Waals surface area contributed by atoms with E-state index in [2.05, 4.69) is 31.1 Å². The maximum absolute atomic E-state index is 11.3. The summed E-state index contributed by atoms with van der Waals surface area (Å²) in [5, 5.41) is 12.5. The third-order valence-corrected chi connectivity index (χ3v) is 3.37. The van der Waals surface area contributed by atoms with Gasteiger partial charge in [0.25, 0.3) is 0 Å². The van der Waals surface area contributed by atoms with Gasteiger partial charge in [-0.05, 0) is 26.5 Å². The van der Waals surface area contributed by atoms with Gasteiger partial charge in [0.2, 0.25) is 0 Å². The van der Waals surface area contributed by atoms with Crippen molar-refractivity contribution in [3.05, 3.63) is 35.9 Å². The molecule has 4 nitrogen and oxygen atoms in total. The minimum absolute atomic E-state index is 0.464. The summed E-state index contributed by atoms with van der Waals surface area (Å²) >= 11 is 0. The summed E-state index contributed by atoms with van der Waals surface area (Å²) in [7, 11) is 2.07. The number of hydrogen-bond donors (Lipinski definition) is 2. The van der Waals surface area contributed by atoms with Gasteiger partial charge in [-0.15, -0.1) is 0 Å². The molecule has 0 aliphatic carbocycles. The van der Waals surface area contributed by atoms with Gasteiger partial charge in [-0.1, -0.05) is 30.3 Å². The lowest BCUT2D eigenvalue weighted by atomic mass is 9.99. The van der Waals surface area contributed by atoms with Gasteiger partial charge < -0.3 is 15.3 Å². The van der Waals surface area contributed by atoms with Crippen LogP contribution in [0.25, 0.3) is 0 Å². The van der Waals surface area contributed by atoms with Crippen LogP contribution in [0.15, 0.2) is 30.3 Å². The lowest BCUT2D eigenvalue weighted by molar-refractivity contribution is -0.138. The smallest absolute Gasteiger partial charge is 0.312 e. The van der Waals surface area contributed by atoms with Crippen LogP contribution in [-0.4, -0.2) is 48.7 Å². The minimum Gasteiger partial charge on any atom is -0.481 e. The third kappa shape index (κ3) is 5.41. The second-order valence-corrected chi connectivity index (χ2v) is 5.08. The molecule has 1 atom stereocenters. The Bertz CT molecular complexity index is 379. The van der Waals surface area contributed by atoms with Gasteiger partial charge in [-0.25, -0.2) is 0 Å². The second kappa shape index (κ2) is 7.92. The van der Waals surface area contributed by atoms with Crippen molar-refractivity contribution in [1.29, 1.82) is 0 Å². The van der Waals surface area contributed by atoms with Crippen molar-refractivity contribution in [2.45, 2.75) is 25.8 Å². The van der Waals surface area contributed by atoms with E-state index in [9.17, 15) is 9.90 Å². The van der Waals surface area contributed by atoms with E-state index in [4.69, 9.17) is 0 Å². The molecule has 2 N–H and O–H groups in total. The van der Waals surface area contributed by atoms with Gasteiger partial charge in [-0.2, -0.15) is 0 Å². The first-order valence-electron chi connectivity index (χ1n) is 6.71. The van der Waals surface area contributed by atoms with Gasteiger partial charge in [0.1, 0.15) is 0 Å². The van der Waals surface area contributed by atoms with Gasteiger partial charge in [0.15, 0.2) is 0 Å². The number of nitrogens with zero attached hydrogens (tertiary/aromatic N) is 1. The summed E-state index contributed by atoms with van der Waals surface area (Å²) in [5.41, 5.74) is 0.847. The fourth-order valence-electron chi connectivity index (χ4n) is 1.79. The summed E-state index contributed by atoms with van der Waals surface area (Å²) in [6.45, 7) is 6.46. The van der Waals surface area contributed by atoms with Crippen molar-refractivity contribution < 1.29 is 9.90 Å². The summed E-state index contributed by atoms with van der Waals surface area (Å²) in [4.78, 5) is 13.5. The molecule has 0 amide bonds. The lowest BCUT2D eigenvalue weighted by Crippen LogP contribution is -2.36. The quantitative estimate of drug-likeness (QED) is 0.703. The average Bonchev–Trinajstić information content (AvgIpc) is 2.38. The number of benzene rings is 1. The Morgan fingerprint density at radius 2 is 1.95 bits per heavy atom. The van der Waals surface area contributed by atoms with Crippen LogP contribution in [0.2, 0.25) is 0 Å². The maximum Gasteiger partial charge on any atom is 0.312 e. The zero-order valence-corrected chi connectivity index (χ0v) is 12.0. The van der Waals surface area contributed by atoms with E-state index >= 15 is 0 Å². The van der Waals surface area contributed by atoms with E-state index in [-0.39, 0.29) is 0 Å². The molecule has 0 radical (unpaired) electrons. The van der Waals surface area contributed by atoms with Gasteiger partial charge in [0.05, 0.1) is 5.92 Å². The highest BCUT2D eigenvalue weighted by Gasteiger charge is 2.18. The predicted octanol–water partition coefficient (Wildman–Crippen LogP) is 1.78. The molecule has 0 saturated heterocycles. The van der Waals surface area contributed by atoms with Crippen molar-refractivity contribution in [3.63, 3.8) is 0 Å². The molecule has 4 heteroatoms. The molecule has 1 aromatic carbocycles. The van der Waals surface area contributed by atoms with Crippen molar-refractivity contribution in [3.8, 4) is 0 Å². The molecule has 0 saturated carbocycles. The molecule has 1 unspecified atom stereocenters. The van der Waals surface area contributed by atoms with Crippen LogP contribution in [0.1, 0.15) is 25.3 Å². The number of aliphatic carboxylic acids is 1. The number of likely N-dealkylation sites (N-methyl/N-ethyl adjacent to an activating group) is 1. The highest BCUT2D eigenvalue weighted by atomic mass is 16.4. The van der Waals surface area contributed by atoms with Crippen LogP contribution in [0, 0.1) is 0 Å². The Hall–Kier alpha value is -1.39. The van der Waals surface area contributed by atoms with E-state index in [1.165, 1.54) is 0 Å². The molecule has 0 aromatic heterocycles. The van der Waals surface area contributed by atoms with Crippen LogP contribution >= 0.6 is 0 Å². The van der Waals surface area contributed by atoms with Crippen molar-refractivity contribution in [2.24, 2.45) is 0 Å². The van der Waals surface area contributed by atoms with E-state index in [0.29, 0.717) is 12.6 Å². The molecular formula is C15H24N2O2. The molecule has 0 fully saturated rings. The van der Waals surface area contributed by atoms with E-state index in [0.717, 1.165) is 18.7 Å². The van der Waals surface area contributed by atoms with E-state index < -0.39 is 11.9 Å². The molecule has 0 aliphatic rings. The first-order valence-corrected chi connectivity index (χ1v) is 6.71. The van der Waals surface area contributed by atoms with Crippen molar-refractivity contribution in [1.82, 2.24) is 10.2 Å². The van der Waals surface area contributed by atoms with Gasteiger partial charge >= 0.3 is 5.97 Å². The number of carboxylic acids is 1. The first kappa shape index (κ1) is 15.7. The minimum atomic E-state index is -0.782. The second-order valence-electron chi connectivity index (χ2n) is 5.08. The molecule has 0 spiro atoms. The Morgan fingerprint density at radius 1 is 1.32 bits per heavy atom. The van der Waals surface area contributed by atoms with E-state index in [1.807, 2.05) is 30.3 Å². The van der Waals surface area contributed by atoms with Crippen LogP contribution in [0.3, 0.4) is 0 Å². The monoisotopic (exact) mass is 264 g/mol. The molecule has 1 aromatic rings. The number of rotatable bonds is 8. The lowest BCUT2D eigenvalue weighted by Gasteiger charge is -2.21. The standard InChI is InChI=1S/C15H24N2O2/c1-12(2)17(3)10-9-16-11-14(15(18)19)13-7-5-4-6-8-13/h4-8,12,14,16H,9-11H2,1-3H3,(H,18,19). The van der Waals surface area contributed by atoms with Crippen molar-refractivity contribution in [2.75, 3.05) is 26.7 Å². The summed E-state index contributed by atoms with van der Waals surface area (Å²) in [5.74, 6) is -1.26. The number of hydrogen-bond acceptors (Lipinski definition) is 3. The Kier molecular flexibility index (Phi) is 6.53. The van der Waals surface area contributed by atoms with Crippen LogP contribution < -0.4 is 5.32 Å². The maximum atomic E-state index is 11.3. The average molecular weight is 264 g/mol. The largest absolute Gasteiger partial charge is 0.481 e.